The van der Waals surface area contributed by atoms with E-state index in [-0.39, 0.29) is 29.5 Å². The maximum absolute atomic E-state index is 13.7. The van der Waals surface area contributed by atoms with Gasteiger partial charge in [-0.15, -0.1) is 0 Å². The van der Waals surface area contributed by atoms with E-state index in [0.717, 1.165) is 16.7 Å². The summed E-state index contributed by atoms with van der Waals surface area (Å²) in [5, 5.41) is 16.7. The summed E-state index contributed by atoms with van der Waals surface area (Å²) in [6, 6.07) is 23.3. The summed E-state index contributed by atoms with van der Waals surface area (Å²) < 4.78 is 6.46. The topological polar surface area (TPSA) is 108 Å². The Morgan fingerprint density at radius 2 is 1.42 bits per heavy atom. The SMILES string of the molecule is O=C1[C@@H]2[C@@H]3O[C@@H]([C@H]4C(c5cnc6ccccc6n5)=NN(c5ccccc5)[C@@H]34)[C@@H]2C(=O)N1c1ccc(O)cc1. The molecule has 2 amide bonds. The van der Waals surface area contributed by atoms with Gasteiger partial charge >= 0.3 is 0 Å². The number of nitrogens with zero attached hydrogens (tertiary/aromatic N) is 5. The molecule has 4 aromatic rings. The minimum Gasteiger partial charge on any atom is -0.508 e. The first-order chi connectivity index (χ1) is 18.6. The monoisotopic (exact) mass is 503 g/mol. The smallest absolute Gasteiger partial charge is 0.240 e. The number of ether oxygens (including phenoxy) is 1. The number of amides is 2. The number of rotatable bonds is 3. The zero-order chi connectivity index (χ0) is 25.5. The fourth-order valence-corrected chi connectivity index (χ4v) is 6.58. The minimum atomic E-state index is -0.614. The second kappa shape index (κ2) is 7.69. The lowest BCUT2D eigenvalue weighted by molar-refractivity contribution is -0.125. The molecule has 4 aliphatic heterocycles. The maximum atomic E-state index is 13.7. The van der Waals surface area contributed by atoms with Crippen molar-refractivity contribution in [1.82, 2.24) is 9.97 Å². The van der Waals surface area contributed by atoms with E-state index >= 15 is 0 Å². The van der Waals surface area contributed by atoms with Crippen molar-refractivity contribution in [2.45, 2.75) is 18.2 Å². The first kappa shape index (κ1) is 21.5. The van der Waals surface area contributed by atoms with Crippen molar-refractivity contribution in [3.8, 4) is 5.75 Å². The lowest BCUT2D eigenvalue weighted by Gasteiger charge is -2.32. The van der Waals surface area contributed by atoms with Crippen molar-refractivity contribution in [2.24, 2.45) is 22.9 Å². The number of imide groups is 1. The molecule has 3 aromatic carbocycles. The van der Waals surface area contributed by atoms with Crippen molar-refractivity contribution in [3.05, 3.63) is 90.8 Å². The van der Waals surface area contributed by atoms with Gasteiger partial charge in [0.1, 0.15) is 11.4 Å². The van der Waals surface area contributed by atoms with Crippen molar-refractivity contribution in [3.63, 3.8) is 0 Å². The van der Waals surface area contributed by atoms with Gasteiger partial charge in [0.15, 0.2) is 0 Å². The zero-order valence-corrected chi connectivity index (χ0v) is 20.0. The van der Waals surface area contributed by atoms with Gasteiger partial charge in [-0.05, 0) is 48.5 Å². The molecule has 186 valence electrons. The standard InChI is InChI=1S/C29H21N5O4/c35-17-12-10-15(11-13-17)33-28(36)21-22(29(33)37)27-25-23(26(21)38-27)24(32-34(25)16-6-2-1-3-7-16)20-14-30-18-8-4-5-9-19(18)31-20/h1-14,21-23,25-27,35H/t21-,22+,23+,25-,26-,27+/m1/s1. The number of hydrogen-bond donors (Lipinski definition) is 1. The molecule has 8 rings (SSSR count). The van der Waals surface area contributed by atoms with E-state index in [1.165, 1.54) is 17.0 Å². The Morgan fingerprint density at radius 3 is 2.18 bits per heavy atom. The summed E-state index contributed by atoms with van der Waals surface area (Å²) in [5.41, 5.74) is 4.23. The van der Waals surface area contributed by atoms with Gasteiger partial charge in [0.2, 0.25) is 11.8 Å². The van der Waals surface area contributed by atoms with Crippen molar-refractivity contribution >= 4 is 39.9 Å². The van der Waals surface area contributed by atoms with Crippen LogP contribution in [0.2, 0.25) is 0 Å². The first-order valence-electron chi connectivity index (χ1n) is 12.6. The fourth-order valence-electron chi connectivity index (χ4n) is 6.58. The van der Waals surface area contributed by atoms with E-state index in [1.807, 2.05) is 59.6 Å². The molecule has 0 saturated carbocycles. The molecule has 9 nitrogen and oxygen atoms in total. The van der Waals surface area contributed by atoms with Gasteiger partial charge in [-0.2, -0.15) is 5.10 Å². The molecular formula is C29H21N5O4. The van der Waals surface area contributed by atoms with Gasteiger partial charge in [-0.25, -0.2) is 9.88 Å². The number of phenolic OH excluding ortho intramolecular Hbond substituents is 1. The molecule has 5 heterocycles. The Balaban J connectivity index is 1.24. The molecule has 0 aliphatic carbocycles. The van der Waals surface area contributed by atoms with Crippen molar-refractivity contribution in [2.75, 3.05) is 9.91 Å². The summed E-state index contributed by atoms with van der Waals surface area (Å²) in [7, 11) is 0. The van der Waals surface area contributed by atoms with Crippen molar-refractivity contribution in [1.29, 1.82) is 0 Å². The Bertz CT molecular complexity index is 1660. The Hall–Kier alpha value is -4.63. The van der Waals surface area contributed by atoms with Crippen LogP contribution in [0.4, 0.5) is 11.4 Å². The summed E-state index contributed by atoms with van der Waals surface area (Å²) >= 11 is 0. The summed E-state index contributed by atoms with van der Waals surface area (Å²) in [6.07, 6.45) is 0.693. The number of carbonyl (C=O) groups is 2. The quantitative estimate of drug-likeness (QED) is 0.428. The lowest BCUT2D eigenvalue weighted by atomic mass is 9.70. The predicted molar refractivity (Wildman–Crippen MR) is 139 cm³/mol. The van der Waals surface area contributed by atoms with Crippen LogP contribution in [-0.2, 0) is 14.3 Å². The third-order valence-corrected chi connectivity index (χ3v) is 8.13. The second-order valence-electron chi connectivity index (χ2n) is 10.1. The van der Waals surface area contributed by atoms with E-state index in [4.69, 9.17) is 14.8 Å². The molecular weight excluding hydrogens is 482 g/mol. The average Bonchev–Trinajstić information content (AvgIpc) is 3.69. The molecule has 1 N–H and O–H groups in total. The number of hydrogen-bond acceptors (Lipinski definition) is 8. The van der Waals surface area contributed by atoms with Gasteiger partial charge in [0.05, 0.1) is 70.3 Å². The molecule has 0 radical (unpaired) electrons. The van der Waals surface area contributed by atoms with Crippen LogP contribution in [0.15, 0.2) is 90.2 Å². The molecule has 1 aromatic heterocycles. The van der Waals surface area contributed by atoms with Crippen LogP contribution in [0.3, 0.4) is 0 Å². The molecule has 6 atom stereocenters. The van der Waals surface area contributed by atoms with Crippen LogP contribution in [-0.4, -0.2) is 50.9 Å². The first-order valence-corrected chi connectivity index (χ1v) is 12.6. The number of aromatic nitrogens is 2. The van der Waals surface area contributed by atoms with Crippen LogP contribution < -0.4 is 9.91 Å². The second-order valence-corrected chi connectivity index (χ2v) is 10.1. The molecule has 38 heavy (non-hydrogen) atoms. The number of aromatic hydroxyl groups is 1. The van der Waals surface area contributed by atoms with Crippen LogP contribution in [0, 0.1) is 17.8 Å². The fraction of sp³-hybridized carbons (Fsp3) is 0.207. The van der Waals surface area contributed by atoms with E-state index in [2.05, 4.69) is 4.98 Å². The summed E-state index contributed by atoms with van der Waals surface area (Å²) in [5.74, 6) is -1.96. The molecule has 0 spiro atoms. The molecule has 4 aliphatic rings. The Labute approximate surface area is 217 Å². The van der Waals surface area contributed by atoms with Gasteiger partial charge in [0.25, 0.3) is 0 Å². The highest BCUT2D eigenvalue weighted by atomic mass is 16.5. The Kier molecular flexibility index (Phi) is 4.34. The van der Waals surface area contributed by atoms with Crippen LogP contribution in [0.5, 0.6) is 5.75 Å². The largest absolute Gasteiger partial charge is 0.508 e. The highest BCUT2D eigenvalue weighted by Gasteiger charge is 2.72. The molecule has 2 bridgehead atoms. The number of benzene rings is 3. The highest BCUT2D eigenvalue weighted by Crippen LogP contribution is 2.56. The molecule has 3 fully saturated rings. The number of phenols is 1. The molecule has 3 saturated heterocycles. The molecule has 9 heteroatoms. The van der Waals surface area contributed by atoms with Gasteiger partial charge in [-0.3, -0.25) is 19.6 Å². The maximum Gasteiger partial charge on any atom is 0.240 e. The summed E-state index contributed by atoms with van der Waals surface area (Å²) in [4.78, 5) is 38.1. The summed E-state index contributed by atoms with van der Waals surface area (Å²) in [6.45, 7) is 0. The highest BCUT2D eigenvalue weighted by molar-refractivity contribution is 6.23. The lowest BCUT2D eigenvalue weighted by Crippen LogP contribution is -2.50. The van der Waals surface area contributed by atoms with E-state index in [0.29, 0.717) is 17.1 Å². The van der Waals surface area contributed by atoms with Gasteiger partial charge in [-0.1, -0.05) is 30.3 Å². The third-order valence-electron chi connectivity index (χ3n) is 8.13. The van der Waals surface area contributed by atoms with Crippen molar-refractivity contribution < 1.29 is 19.4 Å². The zero-order valence-electron chi connectivity index (χ0n) is 20.0. The van der Waals surface area contributed by atoms with E-state index in [1.54, 1.807) is 18.3 Å². The number of anilines is 2. The average molecular weight is 504 g/mol. The predicted octanol–water partition coefficient (Wildman–Crippen LogP) is 3.13. The number of carbonyl (C=O) groups excluding carboxylic acids is 2. The minimum absolute atomic E-state index is 0.0711. The van der Waals surface area contributed by atoms with Crippen LogP contribution in [0.25, 0.3) is 11.0 Å². The normalized spacial score (nSPS) is 29.2. The number of hydrazone groups is 1. The molecule has 0 unspecified atom stereocenters. The van der Waals surface area contributed by atoms with Crippen LogP contribution >= 0.6 is 0 Å². The Morgan fingerprint density at radius 1 is 0.737 bits per heavy atom. The van der Waals surface area contributed by atoms with E-state index < -0.39 is 24.0 Å². The number of para-hydroxylation sites is 3. The number of fused-ring (bicyclic) bond motifs is 9. The van der Waals surface area contributed by atoms with Gasteiger partial charge < -0.3 is 9.84 Å². The van der Waals surface area contributed by atoms with Gasteiger partial charge in [0, 0.05) is 0 Å². The van der Waals surface area contributed by atoms with Crippen LogP contribution in [0.1, 0.15) is 5.69 Å². The third kappa shape index (κ3) is 2.82. The van der Waals surface area contributed by atoms with E-state index in [9.17, 15) is 14.7 Å².